The zero-order valence-corrected chi connectivity index (χ0v) is 20.8. The maximum atomic E-state index is 13.8. The molecule has 1 amide bonds. The van der Waals surface area contributed by atoms with Gasteiger partial charge in [-0.25, -0.2) is 17.9 Å². The van der Waals surface area contributed by atoms with Crippen LogP contribution in [0.3, 0.4) is 0 Å². The van der Waals surface area contributed by atoms with Crippen LogP contribution in [0.1, 0.15) is 54.5 Å². The molecule has 1 aromatic heterocycles. The van der Waals surface area contributed by atoms with E-state index >= 15 is 0 Å². The molecule has 3 N–H and O–H groups in total. The normalized spacial score (nSPS) is 25.7. The zero-order chi connectivity index (χ0) is 24.3. The summed E-state index contributed by atoms with van der Waals surface area (Å²) < 4.78 is 36.6. The molecule has 3 atom stereocenters. The number of rotatable bonds is 6. The Hall–Kier alpha value is -2.06. The summed E-state index contributed by atoms with van der Waals surface area (Å²) in [7, 11) is -3.74. The molecule has 10 heteroatoms. The highest BCUT2D eigenvalue weighted by Gasteiger charge is 2.27. The lowest BCUT2D eigenvalue weighted by molar-refractivity contribution is -0.116. The van der Waals surface area contributed by atoms with Gasteiger partial charge in [-0.1, -0.05) is 18.6 Å². The maximum Gasteiger partial charge on any atom is 0.237 e. The number of carbonyl (C=O) groups excluding carboxylic acids is 1. The molecule has 4 rings (SSSR count). The van der Waals surface area contributed by atoms with Crippen LogP contribution in [0.2, 0.25) is 0 Å². The number of thiophene rings is 1. The molecule has 0 aromatic carbocycles. The zero-order valence-electron chi connectivity index (χ0n) is 19.1. The molecular formula is C24H31FN4O3S2. The molecule has 34 heavy (non-hydrogen) atoms. The second-order valence-corrected chi connectivity index (χ2v) is 12.2. The monoisotopic (exact) mass is 506 g/mol. The van der Waals surface area contributed by atoms with E-state index in [1.165, 1.54) is 23.5 Å². The van der Waals surface area contributed by atoms with Crippen LogP contribution < -0.4 is 10.5 Å². The minimum atomic E-state index is -3.74. The van der Waals surface area contributed by atoms with Gasteiger partial charge < -0.3 is 10.2 Å². The van der Waals surface area contributed by atoms with Crippen molar-refractivity contribution >= 4 is 32.3 Å². The number of alkyl halides is 1. The summed E-state index contributed by atoms with van der Waals surface area (Å²) in [6.45, 7) is 2.63. The topological polar surface area (TPSA) is 116 Å². The highest BCUT2D eigenvalue weighted by atomic mass is 32.2. The Morgan fingerprint density at radius 2 is 2.12 bits per heavy atom. The van der Waals surface area contributed by atoms with Gasteiger partial charge in [0, 0.05) is 30.9 Å². The Morgan fingerprint density at radius 1 is 1.32 bits per heavy atom. The first kappa shape index (κ1) is 25.0. The van der Waals surface area contributed by atoms with E-state index in [-0.39, 0.29) is 23.2 Å². The minimum Gasteiger partial charge on any atom is -0.317 e. The van der Waals surface area contributed by atoms with Gasteiger partial charge in [0.05, 0.1) is 10.5 Å². The standard InChI is InChI=1S/C24H31FN4O3S2/c25-18-3-1-2-17(12-18)15-29-10-8-20-21(14-26)24(33-22(20)9-11-29)28-23(30)13-16-4-6-19(7-5-16)34(27,31)32/h4,6-7,16-18H,1-3,5,8-13,15H2,(H,28,30)(H2,27,31,32)/t16?,17?,18-/m1/s1. The molecule has 0 bridgehead atoms. The van der Waals surface area contributed by atoms with Gasteiger partial charge in [0.15, 0.2) is 0 Å². The van der Waals surface area contributed by atoms with Crippen molar-refractivity contribution in [1.82, 2.24) is 4.90 Å². The molecule has 184 valence electrons. The highest BCUT2D eigenvalue weighted by Crippen LogP contribution is 2.36. The first-order chi connectivity index (χ1) is 16.2. The molecule has 1 aliphatic heterocycles. The van der Waals surface area contributed by atoms with Crippen LogP contribution >= 0.6 is 11.3 Å². The Balaban J connectivity index is 1.34. The molecule has 2 heterocycles. The number of nitrogens with zero attached hydrogens (tertiary/aromatic N) is 2. The molecule has 0 spiro atoms. The maximum absolute atomic E-state index is 13.8. The predicted octanol–water partition coefficient (Wildman–Crippen LogP) is 3.63. The van der Waals surface area contributed by atoms with Crippen LogP contribution in [0.5, 0.6) is 0 Å². The van der Waals surface area contributed by atoms with Crippen molar-refractivity contribution in [1.29, 1.82) is 5.26 Å². The molecule has 1 saturated carbocycles. The number of sulfonamides is 1. The van der Waals surface area contributed by atoms with Gasteiger partial charge in [-0.3, -0.25) is 4.79 Å². The number of carbonyl (C=O) groups is 1. The first-order valence-electron chi connectivity index (χ1n) is 11.8. The van der Waals surface area contributed by atoms with Crippen LogP contribution in [0.4, 0.5) is 9.39 Å². The number of nitriles is 1. The number of nitrogens with one attached hydrogen (secondary N) is 1. The Bertz CT molecular complexity index is 1140. The summed E-state index contributed by atoms with van der Waals surface area (Å²) in [6.07, 6.45) is 9.61. The molecule has 0 saturated heterocycles. The minimum absolute atomic E-state index is 0.0694. The summed E-state index contributed by atoms with van der Waals surface area (Å²) >= 11 is 1.48. The lowest BCUT2D eigenvalue weighted by Crippen LogP contribution is -2.34. The van der Waals surface area contributed by atoms with Gasteiger partial charge >= 0.3 is 0 Å². The van der Waals surface area contributed by atoms with E-state index in [1.807, 2.05) is 0 Å². The van der Waals surface area contributed by atoms with Gasteiger partial charge in [-0.15, -0.1) is 11.3 Å². The summed E-state index contributed by atoms with van der Waals surface area (Å²) in [5.74, 6) is 0.0932. The Labute approximate surface area is 204 Å². The number of fused-ring (bicyclic) bond motifs is 1. The van der Waals surface area contributed by atoms with Crippen molar-refractivity contribution in [3.63, 3.8) is 0 Å². The Kier molecular flexibility index (Phi) is 7.87. The molecule has 7 nitrogen and oxygen atoms in total. The number of amides is 1. The predicted molar refractivity (Wildman–Crippen MR) is 131 cm³/mol. The molecule has 2 unspecified atom stereocenters. The average molecular weight is 507 g/mol. The van der Waals surface area contributed by atoms with Gasteiger partial charge in [0.1, 0.15) is 17.2 Å². The number of halogens is 1. The van der Waals surface area contributed by atoms with E-state index in [2.05, 4.69) is 16.3 Å². The molecule has 2 aliphatic carbocycles. The molecule has 3 aliphatic rings. The number of allylic oxidation sites excluding steroid dienone is 3. The third-order valence-electron chi connectivity index (χ3n) is 6.95. The number of anilines is 1. The van der Waals surface area contributed by atoms with Crippen LogP contribution in [0.25, 0.3) is 0 Å². The fourth-order valence-corrected chi connectivity index (χ4v) is 6.99. The third-order valence-corrected chi connectivity index (χ3v) is 9.12. The van der Waals surface area contributed by atoms with Gasteiger partial charge in [-0.05, 0) is 62.0 Å². The van der Waals surface area contributed by atoms with Crippen molar-refractivity contribution in [2.24, 2.45) is 17.0 Å². The lowest BCUT2D eigenvalue weighted by Gasteiger charge is -2.30. The lowest BCUT2D eigenvalue weighted by atomic mass is 9.87. The SMILES string of the molecule is N#Cc1c(NC(=O)CC2C=CC(S(N)(=O)=O)=CC2)sc2c1CCN(CC1CCC[C@@H](F)C1)CC2. The van der Waals surface area contributed by atoms with Crippen LogP contribution in [-0.2, 0) is 27.7 Å². The first-order valence-corrected chi connectivity index (χ1v) is 14.2. The van der Waals surface area contributed by atoms with Crippen molar-refractivity contribution in [3.05, 3.63) is 39.1 Å². The van der Waals surface area contributed by atoms with E-state index in [1.54, 1.807) is 6.08 Å². The number of hydrogen-bond donors (Lipinski definition) is 2. The molecule has 0 radical (unpaired) electrons. The fourth-order valence-electron chi connectivity index (χ4n) is 5.19. The summed E-state index contributed by atoms with van der Waals surface area (Å²) in [5, 5.41) is 18.5. The van der Waals surface area contributed by atoms with Crippen molar-refractivity contribution in [2.45, 2.75) is 57.5 Å². The average Bonchev–Trinajstić information content (AvgIpc) is 2.99. The van der Waals surface area contributed by atoms with Crippen LogP contribution in [-0.4, -0.2) is 45.0 Å². The molecule has 1 fully saturated rings. The van der Waals surface area contributed by atoms with E-state index in [0.29, 0.717) is 35.7 Å². The van der Waals surface area contributed by atoms with E-state index in [4.69, 9.17) is 5.14 Å². The smallest absolute Gasteiger partial charge is 0.237 e. The van der Waals surface area contributed by atoms with Gasteiger partial charge in [-0.2, -0.15) is 5.26 Å². The van der Waals surface area contributed by atoms with Crippen LogP contribution in [0, 0.1) is 23.2 Å². The quantitative estimate of drug-likeness (QED) is 0.611. The largest absolute Gasteiger partial charge is 0.317 e. The van der Waals surface area contributed by atoms with Crippen LogP contribution in [0.15, 0.2) is 23.1 Å². The molecular weight excluding hydrogens is 475 g/mol. The van der Waals surface area contributed by atoms with Gasteiger partial charge in [0.2, 0.25) is 15.9 Å². The number of nitrogens with two attached hydrogens (primary N) is 1. The second-order valence-electron chi connectivity index (χ2n) is 9.51. The Morgan fingerprint density at radius 3 is 2.79 bits per heavy atom. The van der Waals surface area contributed by atoms with Gasteiger partial charge in [0.25, 0.3) is 0 Å². The van der Waals surface area contributed by atoms with Crippen molar-refractivity contribution in [3.8, 4) is 6.07 Å². The van der Waals surface area contributed by atoms with E-state index in [0.717, 1.165) is 55.8 Å². The highest BCUT2D eigenvalue weighted by molar-refractivity contribution is 7.93. The number of primary sulfonamides is 1. The van der Waals surface area contributed by atoms with E-state index < -0.39 is 16.2 Å². The van der Waals surface area contributed by atoms with E-state index in [9.17, 15) is 22.9 Å². The summed E-state index contributed by atoms with van der Waals surface area (Å²) in [6, 6.07) is 2.29. The third kappa shape index (κ3) is 6.13. The second kappa shape index (κ2) is 10.7. The van der Waals surface area contributed by atoms with Crippen molar-refractivity contribution in [2.75, 3.05) is 25.0 Å². The fraction of sp³-hybridized carbons (Fsp3) is 0.583. The summed E-state index contributed by atoms with van der Waals surface area (Å²) in [5.41, 5.74) is 1.57. The summed E-state index contributed by atoms with van der Waals surface area (Å²) in [4.78, 5) is 16.3. The van der Waals surface area contributed by atoms with Crippen molar-refractivity contribution < 1.29 is 17.6 Å². The molecule has 1 aromatic rings. The number of hydrogen-bond acceptors (Lipinski definition) is 6.